The van der Waals surface area contributed by atoms with Crippen molar-refractivity contribution in [3.8, 4) is 5.75 Å². The summed E-state index contributed by atoms with van der Waals surface area (Å²) in [5, 5.41) is 13.5. The number of aliphatic hydroxyl groups is 1. The summed E-state index contributed by atoms with van der Waals surface area (Å²) in [7, 11) is 0. The minimum Gasteiger partial charge on any atom is -0.493 e. The summed E-state index contributed by atoms with van der Waals surface area (Å²) >= 11 is 0. The Labute approximate surface area is 241 Å². The normalized spacial score (nSPS) is 24.4. The number of nitrogens with one attached hydrogen (secondary N) is 1. The van der Waals surface area contributed by atoms with Gasteiger partial charge in [0.1, 0.15) is 17.5 Å². The van der Waals surface area contributed by atoms with Gasteiger partial charge in [-0.25, -0.2) is 0 Å². The zero-order valence-electron chi connectivity index (χ0n) is 23.9. The number of anilines is 2. The lowest BCUT2D eigenvalue weighted by atomic mass is 9.79. The van der Waals surface area contributed by atoms with E-state index in [-0.39, 0.29) is 23.8 Å². The molecule has 0 bridgehead atoms. The average molecular weight is 561 g/mol. The van der Waals surface area contributed by atoms with Crippen molar-refractivity contribution in [3.63, 3.8) is 0 Å². The molecule has 2 amide bonds. The van der Waals surface area contributed by atoms with E-state index in [1.165, 1.54) is 0 Å². The molecule has 2 aromatic carbocycles. The number of hydrogen-bond donors (Lipinski definition) is 2. The molecule has 41 heavy (non-hydrogen) atoms. The number of carbonyl (C=O) groups is 2. The Hall–Kier alpha value is -3.56. The molecule has 2 saturated heterocycles. The summed E-state index contributed by atoms with van der Waals surface area (Å²) in [5.74, 6) is 1.39. The first kappa shape index (κ1) is 27.6. The van der Waals surface area contributed by atoms with Crippen LogP contribution in [0.5, 0.6) is 5.75 Å². The highest BCUT2D eigenvalue weighted by molar-refractivity contribution is 6.07. The Balaban J connectivity index is 1.03. The molecule has 2 atom stereocenters. The van der Waals surface area contributed by atoms with Gasteiger partial charge >= 0.3 is 0 Å². The van der Waals surface area contributed by atoms with Gasteiger partial charge in [0.25, 0.3) is 5.91 Å². The van der Waals surface area contributed by atoms with Crippen LogP contribution < -0.4 is 15.0 Å². The van der Waals surface area contributed by atoms with Crippen LogP contribution in [-0.2, 0) is 16.1 Å². The Morgan fingerprint density at radius 1 is 1.00 bits per heavy atom. The Morgan fingerprint density at radius 2 is 1.71 bits per heavy atom. The molecule has 218 valence electrons. The van der Waals surface area contributed by atoms with Crippen LogP contribution in [0.15, 0.2) is 48.5 Å². The zero-order chi connectivity index (χ0) is 28.5. The van der Waals surface area contributed by atoms with Gasteiger partial charge in [-0.3, -0.25) is 9.59 Å². The SMILES string of the molecule is CCOc1cccc2c1cc(C(=O)Nc1ccc(N3CCN(C(=O)C4CCC(C5OC5O)CC4)CC3)cc1)n2CC. The lowest BCUT2D eigenvalue weighted by Gasteiger charge is -2.38. The number of epoxide rings is 1. The fraction of sp³-hybridized carbons (Fsp3) is 0.500. The van der Waals surface area contributed by atoms with Crippen molar-refractivity contribution < 1.29 is 24.2 Å². The number of ether oxygens (including phenoxy) is 2. The van der Waals surface area contributed by atoms with Crippen LogP contribution >= 0.6 is 0 Å². The standard InChI is InChI=1S/C32H40N4O5/c1-3-36-26-6-5-7-28(40-4-2)25(26)20-27(36)30(37)33-23-12-14-24(15-13-23)34-16-18-35(19-17-34)31(38)22-10-8-21(9-11-22)29-32(39)41-29/h5-7,12-15,20-22,29,32,39H,3-4,8-11,16-19H2,1-2H3,(H,33,37). The Morgan fingerprint density at radius 3 is 2.34 bits per heavy atom. The van der Waals surface area contributed by atoms with Gasteiger partial charge in [-0.1, -0.05) is 6.07 Å². The minimum absolute atomic E-state index is 0.00821. The number of carbonyl (C=O) groups excluding carboxylic acids is 2. The summed E-state index contributed by atoms with van der Waals surface area (Å²) in [5.41, 5.74) is 3.41. The molecule has 3 heterocycles. The second-order valence-electron chi connectivity index (χ2n) is 11.3. The smallest absolute Gasteiger partial charge is 0.272 e. The summed E-state index contributed by atoms with van der Waals surface area (Å²) in [6, 6.07) is 15.8. The summed E-state index contributed by atoms with van der Waals surface area (Å²) in [6.45, 7) is 8.24. The third-order valence-corrected chi connectivity index (χ3v) is 8.92. The lowest BCUT2D eigenvalue weighted by Crippen LogP contribution is -2.50. The molecule has 1 aromatic heterocycles. The molecule has 6 rings (SSSR count). The predicted octanol–water partition coefficient (Wildman–Crippen LogP) is 4.48. The molecule has 9 heteroatoms. The molecule has 0 spiro atoms. The first-order valence-electron chi connectivity index (χ1n) is 15.0. The maximum absolute atomic E-state index is 13.3. The van der Waals surface area contributed by atoms with E-state index < -0.39 is 6.29 Å². The van der Waals surface area contributed by atoms with Gasteiger partial charge < -0.3 is 34.3 Å². The van der Waals surface area contributed by atoms with Crippen LogP contribution in [0.2, 0.25) is 0 Å². The number of piperazine rings is 1. The topological polar surface area (TPSA) is 99.6 Å². The van der Waals surface area contributed by atoms with Crippen molar-refractivity contribution in [3.05, 3.63) is 54.2 Å². The first-order valence-corrected chi connectivity index (χ1v) is 15.0. The van der Waals surface area contributed by atoms with E-state index in [9.17, 15) is 14.7 Å². The van der Waals surface area contributed by atoms with Gasteiger partial charge in [0.15, 0.2) is 6.29 Å². The fourth-order valence-corrected chi connectivity index (χ4v) is 6.62. The molecule has 2 unspecified atom stereocenters. The van der Waals surface area contributed by atoms with Crippen LogP contribution in [0, 0.1) is 11.8 Å². The zero-order valence-corrected chi connectivity index (χ0v) is 23.9. The maximum atomic E-state index is 13.3. The number of nitrogens with zero attached hydrogens (tertiary/aromatic N) is 3. The maximum Gasteiger partial charge on any atom is 0.272 e. The number of aromatic nitrogens is 1. The van der Waals surface area contributed by atoms with Crippen LogP contribution in [0.3, 0.4) is 0 Å². The molecule has 1 saturated carbocycles. The van der Waals surface area contributed by atoms with E-state index in [1.54, 1.807) is 0 Å². The summed E-state index contributed by atoms with van der Waals surface area (Å²) < 4.78 is 13.0. The van der Waals surface area contributed by atoms with Crippen LogP contribution in [-0.4, -0.2) is 71.6 Å². The molecule has 2 N–H and O–H groups in total. The third-order valence-electron chi connectivity index (χ3n) is 8.92. The van der Waals surface area contributed by atoms with E-state index in [1.807, 2.05) is 71.8 Å². The van der Waals surface area contributed by atoms with Gasteiger partial charge in [0, 0.05) is 55.4 Å². The molecule has 0 radical (unpaired) electrons. The van der Waals surface area contributed by atoms with E-state index in [4.69, 9.17) is 9.47 Å². The molecular formula is C32H40N4O5. The minimum atomic E-state index is -0.589. The monoisotopic (exact) mass is 560 g/mol. The number of aliphatic hydroxyl groups excluding tert-OH is 1. The van der Waals surface area contributed by atoms with Gasteiger partial charge in [-0.2, -0.15) is 0 Å². The van der Waals surface area contributed by atoms with Crippen molar-refractivity contribution in [2.24, 2.45) is 11.8 Å². The molecule has 1 aliphatic carbocycles. The quantitative estimate of drug-likeness (QED) is 0.394. The predicted molar refractivity (Wildman–Crippen MR) is 158 cm³/mol. The van der Waals surface area contributed by atoms with Gasteiger partial charge in [-0.05, 0) is 87.9 Å². The van der Waals surface area contributed by atoms with E-state index in [0.717, 1.165) is 66.8 Å². The van der Waals surface area contributed by atoms with Crippen molar-refractivity contribution in [2.45, 2.75) is 58.5 Å². The van der Waals surface area contributed by atoms with Crippen LogP contribution in [0.1, 0.15) is 50.0 Å². The number of hydrogen-bond acceptors (Lipinski definition) is 6. The third kappa shape index (κ3) is 5.65. The van der Waals surface area contributed by atoms with Gasteiger partial charge in [0.05, 0.1) is 12.1 Å². The van der Waals surface area contributed by atoms with Crippen LogP contribution in [0.4, 0.5) is 11.4 Å². The highest BCUT2D eigenvalue weighted by Gasteiger charge is 2.45. The number of fused-ring (bicyclic) bond motifs is 1. The van der Waals surface area contributed by atoms with Crippen molar-refractivity contribution in [2.75, 3.05) is 43.0 Å². The highest BCUT2D eigenvalue weighted by Crippen LogP contribution is 2.39. The number of aryl methyl sites for hydroxylation is 1. The average Bonchev–Trinajstić information content (AvgIpc) is 3.61. The highest BCUT2D eigenvalue weighted by atomic mass is 16.7. The van der Waals surface area contributed by atoms with Crippen molar-refractivity contribution >= 4 is 34.1 Å². The second-order valence-corrected chi connectivity index (χ2v) is 11.3. The molecule has 3 fully saturated rings. The fourth-order valence-electron chi connectivity index (χ4n) is 6.62. The largest absolute Gasteiger partial charge is 0.493 e. The number of rotatable bonds is 8. The second kappa shape index (κ2) is 11.7. The Kier molecular flexibility index (Phi) is 7.90. The number of benzene rings is 2. The summed E-state index contributed by atoms with van der Waals surface area (Å²) in [4.78, 5) is 30.7. The number of amides is 2. The molecule has 2 aliphatic heterocycles. The van der Waals surface area contributed by atoms with Gasteiger partial charge in [0.2, 0.25) is 5.91 Å². The van der Waals surface area contributed by atoms with Crippen molar-refractivity contribution in [1.82, 2.24) is 9.47 Å². The molecule has 3 aliphatic rings. The van der Waals surface area contributed by atoms with Crippen LogP contribution in [0.25, 0.3) is 10.9 Å². The van der Waals surface area contributed by atoms with E-state index >= 15 is 0 Å². The van der Waals surface area contributed by atoms with Gasteiger partial charge in [-0.15, -0.1) is 0 Å². The first-order chi connectivity index (χ1) is 20.0. The molecular weight excluding hydrogens is 520 g/mol. The van der Waals surface area contributed by atoms with Crippen molar-refractivity contribution in [1.29, 1.82) is 0 Å². The van der Waals surface area contributed by atoms with E-state index in [0.29, 0.717) is 37.9 Å². The van der Waals surface area contributed by atoms with E-state index in [2.05, 4.69) is 10.2 Å². The Bertz CT molecular complexity index is 1390. The summed E-state index contributed by atoms with van der Waals surface area (Å²) in [6.07, 6.45) is 3.08. The molecule has 3 aromatic rings. The lowest BCUT2D eigenvalue weighted by molar-refractivity contribution is -0.137. The molecule has 9 nitrogen and oxygen atoms in total.